The molecule has 0 saturated heterocycles. The molecule has 3 nitrogen and oxygen atoms in total. The molecule has 0 spiro atoms. The molecule has 0 radical (unpaired) electrons. The summed E-state index contributed by atoms with van der Waals surface area (Å²) in [6, 6.07) is 0. The Balaban J connectivity index is 4.02. The Kier molecular flexibility index (Phi) is 6.47. The van der Waals surface area contributed by atoms with E-state index in [1.54, 1.807) is 0 Å². The quantitative estimate of drug-likeness (QED) is 0.632. The van der Waals surface area contributed by atoms with Crippen molar-refractivity contribution in [2.24, 2.45) is 5.92 Å². The molecule has 0 aromatic rings. The second-order valence-electron chi connectivity index (χ2n) is 3.25. The van der Waals surface area contributed by atoms with Crippen molar-refractivity contribution < 1.29 is 14.7 Å². The predicted molar refractivity (Wildman–Crippen MR) is 53.7 cm³/mol. The zero-order chi connectivity index (χ0) is 11.0. The summed E-state index contributed by atoms with van der Waals surface area (Å²) in [5.41, 5.74) is 0. The number of hydrogen-bond acceptors (Lipinski definition) is 2. The summed E-state index contributed by atoms with van der Waals surface area (Å²) in [5, 5.41) is 8.41. The minimum atomic E-state index is -0.936. The fourth-order valence-corrected chi connectivity index (χ4v) is 1.30. The lowest BCUT2D eigenvalue weighted by Gasteiger charge is -2.10. The van der Waals surface area contributed by atoms with Gasteiger partial charge in [0.2, 0.25) is 0 Å². The number of carboxylic acids is 1. The Bertz CT molecular complexity index is 237. The second-order valence-corrected chi connectivity index (χ2v) is 3.25. The van der Waals surface area contributed by atoms with Crippen molar-refractivity contribution in [1.29, 1.82) is 0 Å². The fraction of sp³-hybridized carbons (Fsp3) is 0.636. The number of carbonyl (C=O) groups is 2. The predicted octanol–water partition coefficient (Wildman–Crippen LogP) is 1.86. The van der Waals surface area contributed by atoms with Crippen molar-refractivity contribution in [2.45, 2.75) is 39.0 Å². The van der Waals surface area contributed by atoms with Gasteiger partial charge in [0.05, 0.1) is 6.42 Å². The fourth-order valence-electron chi connectivity index (χ4n) is 1.30. The van der Waals surface area contributed by atoms with E-state index in [4.69, 9.17) is 11.5 Å². The number of carboxylic acid groups (broad SMARTS) is 1. The molecule has 0 aliphatic carbocycles. The van der Waals surface area contributed by atoms with Crippen LogP contribution in [0.15, 0.2) is 0 Å². The van der Waals surface area contributed by atoms with Crippen LogP contribution in [0.4, 0.5) is 0 Å². The molecule has 1 unspecified atom stereocenters. The van der Waals surface area contributed by atoms with Gasteiger partial charge in [-0.05, 0) is 6.42 Å². The maximum Gasteiger partial charge on any atom is 0.303 e. The molecule has 0 aliphatic heterocycles. The minimum Gasteiger partial charge on any atom is -0.481 e. The standard InChI is InChI=1S/C11H16O3/c1-3-5-9(6-4-2)10(12)7-8-11(13)14/h1,9H,4-8H2,2H3,(H,13,14). The first kappa shape index (κ1) is 12.7. The third-order valence-corrected chi connectivity index (χ3v) is 2.04. The van der Waals surface area contributed by atoms with Crippen molar-refractivity contribution in [2.75, 3.05) is 0 Å². The molecule has 78 valence electrons. The first-order chi connectivity index (χ1) is 6.61. The summed E-state index contributed by atoms with van der Waals surface area (Å²) in [4.78, 5) is 21.7. The van der Waals surface area contributed by atoms with Crippen LogP contribution in [0.5, 0.6) is 0 Å². The van der Waals surface area contributed by atoms with E-state index in [9.17, 15) is 9.59 Å². The summed E-state index contributed by atoms with van der Waals surface area (Å²) in [6.07, 6.45) is 7.21. The largest absolute Gasteiger partial charge is 0.481 e. The highest BCUT2D eigenvalue weighted by Crippen LogP contribution is 2.14. The molecule has 0 amide bonds. The molecule has 0 aliphatic rings. The molecule has 0 aromatic carbocycles. The molecular formula is C11H16O3. The molecule has 14 heavy (non-hydrogen) atoms. The maximum atomic E-state index is 11.5. The average Bonchev–Trinajstić information content (AvgIpc) is 2.14. The second kappa shape index (κ2) is 7.14. The molecule has 1 atom stereocenters. The van der Waals surface area contributed by atoms with E-state index in [0.29, 0.717) is 6.42 Å². The summed E-state index contributed by atoms with van der Waals surface area (Å²) in [5.74, 6) is 1.35. The Morgan fingerprint density at radius 3 is 2.50 bits per heavy atom. The smallest absolute Gasteiger partial charge is 0.303 e. The Hall–Kier alpha value is -1.30. The van der Waals surface area contributed by atoms with Gasteiger partial charge in [0.15, 0.2) is 0 Å². The number of rotatable bonds is 7. The Morgan fingerprint density at radius 1 is 1.43 bits per heavy atom. The molecule has 3 heteroatoms. The van der Waals surface area contributed by atoms with Crippen LogP contribution in [0.3, 0.4) is 0 Å². The van der Waals surface area contributed by atoms with E-state index in [2.05, 4.69) is 5.92 Å². The van der Waals surface area contributed by atoms with Crippen LogP contribution in [-0.2, 0) is 9.59 Å². The van der Waals surface area contributed by atoms with Crippen LogP contribution < -0.4 is 0 Å². The molecule has 0 saturated carbocycles. The number of hydrogen-bond donors (Lipinski definition) is 1. The monoisotopic (exact) mass is 196 g/mol. The van der Waals surface area contributed by atoms with Crippen LogP contribution in [0.2, 0.25) is 0 Å². The van der Waals surface area contributed by atoms with Gasteiger partial charge < -0.3 is 5.11 Å². The molecule has 0 fully saturated rings. The van der Waals surface area contributed by atoms with Crippen molar-refractivity contribution >= 4 is 11.8 Å². The third-order valence-electron chi connectivity index (χ3n) is 2.04. The van der Waals surface area contributed by atoms with Crippen LogP contribution in [-0.4, -0.2) is 16.9 Å². The number of Topliss-reactive ketones (excluding diaryl/α,β-unsaturated/α-hetero) is 1. The highest BCUT2D eigenvalue weighted by atomic mass is 16.4. The Labute approximate surface area is 84.5 Å². The van der Waals surface area contributed by atoms with Crippen LogP contribution in [0.1, 0.15) is 39.0 Å². The normalized spacial score (nSPS) is 11.7. The van der Waals surface area contributed by atoms with Gasteiger partial charge in [0.25, 0.3) is 0 Å². The first-order valence-corrected chi connectivity index (χ1v) is 4.79. The van der Waals surface area contributed by atoms with E-state index >= 15 is 0 Å². The van der Waals surface area contributed by atoms with E-state index in [1.807, 2.05) is 6.92 Å². The highest BCUT2D eigenvalue weighted by Gasteiger charge is 2.16. The molecule has 0 rings (SSSR count). The summed E-state index contributed by atoms with van der Waals surface area (Å²) in [6.45, 7) is 1.98. The number of terminal acetylenes is 1. The molecule has 0 aromatic heterocycles. The summed E-state index contributed by atoms with van der Waals surface area (Å²) in [7, 11) is 0. The van der Waals surface area contributed by atoms with Crippen molar-refractivity contribution in [3.8, 4) is 12.3 Å². The number of ketones is 1. The number of carbonyl (C=O) groups excluding carboxylic acids is 1. The van der Waals surface area contributed by atoms with Crippen molar-refractivity contribution in [1.82, 2.24) is 0 Å². The van der Waals surface area contributed by atoms with Gasteiger partial charge in [-0.3, -0.25) is 9.59 Å². The van der Waals surface area contributed by atoms with E-state index in [-0.39, 0.29) is 24.5 Å². The van der Waals surface area contributed by atoms with Gasteiger partial charge >= 0.3 is 5.97 Å². The van der Waals surface area contributed by atoms with E-state index in [1.165, 1.54) is 0 Å². The van der Waals surface area contributed by atoms with E-state index < -0.39 is 5.97 Å². The SMILES string of the molecule is C#CCC(CCC)C(=O)CCC(=O)O. The average molecular weight is 196 g/mol. The van der Waals surface area contributed by atoms with Crippen LogP contribution in [0, 0.1) is 18.3 Å². The lowest BCUT2D eigenvalue weighted by atomic mass is 9.93. The van der Waals surface area contributed by atoms with E-state index in [0.717, 1.165) is 12.8 Å². The topological polar surface area (TPSA) is 54.4 Å². The van der Waals surface area contributed by atoms with Crippen LogP contribution >= 0.6 is 0 Å². The number of aliphatic carboxylic acids is 1. The van der Waals surface area contributed by atoms with Crippen molar-refractivity contribution in [3.63, 3.8) is 0 Å². The minimum absolute atomic E-state index is 0.0211. The third kappa shape index (κ3) is 5.36. The molecule has 0 heterocycles. The van der Waals surface area contributed by atoms with Gasteiger partial charge in [-0.1, -0.05) is 13.3 Å². The Morgan fingerprint density at radius 2 is 2.07 bits per heavy atom. The summed E-state index contributed by atoms with van der Waals surface area (Å²) < 4.78 is 0. The van der Waals surface area contributed by atoms with Crippen molar-refractivity contribution in [3.05, 3.63) is 0 Å². The molecule has 0 bridgehead atoms. The maximum absolute atomic E-state index is 11.5. The zero-order valence-electron chi connectivity index (χ0n) is 8.45. The van der Waals surface area contributed by atoms with Gasteiger partial charge in [-0.25, -0.2) is 0 Å². The molecular weight excluding hydrogens is 180 g/mol. The van der Waals surface area contributed by atoms with Gasteiger partial charge in [0, 0.05) is 18.8 Å². The highest BCUT2D eigenvalue weighted by molar-refractivity contribution is 5.84. The lowest BCUT2D eigenvalue weighted by molar-refractivity contribution is -0.139. The summed E-state index contributed by atoms with van der Waals surface area (Å²) >= 11 is 0. The first-order valence-electron chi connectivity index (χ1n) is 4.79. The van der Waals surface area contributed by atoms with Gasteiger partial charge in [-0.15, -0.1) is 12.3 Å². The zero-order valence-corrected chi connectivity index (χ0v) is 8.45. The van der Waals surface area contributed by atoms with Gasteiger partial charge in [-0.2, -0.15) is 0 Å². The lowest BCUT2D eigenvalue weighted by Crippen LogP contribution is -2.15. The van der Waals surface area contributed by atoms with Crippen LogP contribution in [0.25, 0.3) is 0 Å². The molecule has 1 N–H and O–H groups in total. The van der Waals surface area contributed by atoms with Gasteiger partial charge in [0.1, 0.15) is 5.78 Å².